The molecule has 20 heavy (non-hydrogen) atoms. The third-order valence-electron chi connectivity index (χ3n) is 3.89. The number of aliphatic hydroxyl groups excluding tert-OH is 1. The van der Waals surface area contributed by atoms with Crippen molar-refractivity contribution in [2.45, 2.75) is 38.8 Å². The van der Waals surface area contributed by atoms with Gasteiger partial charge in [-0.15, -0.1) is 0 Å². The van der Waals surface area contributed by atoms with Gasteiger partial charge < -0.3 is 10.4 Å². The van der Waals surface area contributed by atoms with Gasteiger partial charge in [0, 0.05) is 24.0 Å². The number of anilines is 1. The Balaban J connectivity index is 1.68. The van der Waals surface area contributed by atoms with E-state index < -0.39 is 0 Å². The van der Waals surface area contributed by atoms with Crippen LogP contribution in [0, 0.1) is 0 Å². The number of fused-ring (bicyclic) bond motifs is 1. The second-order valence-corrected chi connectivity index (χ2v) is 5.34. The molecular weight excluding hydrogens is 250 g/mol. The molecular formula is C16H21N3O. The summed E-state index contributed by atoms with van der Waals surface area (Å²) in [4.78, 5) is 0. The van der Waals surface area contributed by atoms with Gasteiger partial charge in [0.05, 0.1) is 19.3 Å². The van der Waals surface area contributed by atoms with Crippen LogP contribution in [0.5, 0.6) is 0 Å². The van der Waals surface area contributed by atoms with E-state index in [1.54, 1.807) is 4.68 Å². The van der Waals surface area contributed by atoms with Gasteiger partial charge in [-0.25, -0.2) is 0 Å². The van der Waals surface area contributed by atoms with E-state index in [0.717, 1.165) is 12.1 Å². The van der Waals surface area contributed by atoms with Gasteiger partial charge in [-0.3, -0.25) is 4.68 Å². The Labute approximate surface area is 119 Å². The molecule has 1 aromatic carbocycles. The minimum atomic E-state index is 0.126. The first kappa shape index (κ1) is 13.2. The van der Waals surface area contributed by atoms with Crippen LogP contribution in [0.4, 0.5) is 5.69 Å². The van der Waals surface area contributed by atoms with Gasteiger partial charge in [-0.05, 0) is 42.9 Å². The highest BCUT2D eigenvalue weighted by molar-refractivity contribution is 5.55. The zero-order chi connectivity index (χ0) is 13.8. The molecule has 1 aliphatic carbocycles. The van der Waals surface area contributed by atoms with Gasteiger partial charge in [-0.1, -0.05) is 12.1 Å². The van der Waals surface area contributed by atoms with Crippen LogP contribution in [-0.2, 0) is 25.9 Å². The zero-order valence-electron chi connectivity index (χ0n) is 11.7. The average molecular weight is 271 g/mol. The van der Waals surface area contributed by atoms with Gasteiger partial charge in [0.2, 0.25) is 0 Å². The van der Waals surface area contributed by atoms with Gasteiger partial charge in [0.1, 0.15) is 0 Å². The maximum absolute atomic E-state index is 8.89. The highest BCUT2D eigenvalue weighted by Crippen LogP contribution is 2.28. The van der Waals surface area contributed by atoms with Crippen molar-refractivity contribution in [1.29, 1.82) is 0 Å². The van der Waals surface area contributed by atoms with E-state index in [1.807, 2.05) is 12.4 Å². The Hall–Kier alpha value is -1.81. The minimum absolute atomic E-state index is 0.126. The molecule has 0 saturated carbocycles. The van der Waals surface area contributed by atoms with Crippen LogP contribution in [0.2, 0.25) is 0 Å². The largest absolute Gasteiger partial charge is 0.394 e. The summed E-state index contributed by atoms with van der Waals surface area (Å²) in [5.74, 6) is 0. The van der Waals surface area contributed by atoms with Crippen LogP contribution in [0.3, 0.4) is 0 Å². The lowest BCUT2D eigenvalue weighted by Crippen LogP contribution is -2.08. The molecule has 2 N–H and O–H groups in total. The molecule has 106 valence electrons. The second-order valence-electron chi connectivity index (χ2n) is 5.34. The summed E-state index contributed by atoms with van der Waals surface area (Å²) in [5, 5.41) is 16.6. The Morgan fingerprint density at radius 1 is 1.25 bits per heavy atom. The predicted octanol–water partition coefficient (Wildman–Crippen LogP) is 2.37. The summed E-state index contributed by atoms with van der Waals surface area (Å²) in [6.07, 6.45) is 8.84. The standard InChI is InChI=1S/C16H21N3O/c20-9-8-19-12-13(11-18-19)10-17-16-7-3-5-14-4-1-2-6-15(14)16/h3,5,7,11-12,17,20H,1-2,4,6,8-10H2. The maximum atomic E-state index is 8.89. The maximum Gasteiger partial charge on any atom is 0.0640 e. The highest BCUT2D eigenvalue weighted by atomic mass is 16.3. The smallest absolute Gasteiger partial charge is 0.0640 e. The van der Waals surface area contributed by atoms with Crippen molar-refractivity contribution in [3.8, 4) is 0 Å². The van der Waals surface area contributed by atoms with Crippen LogP contribution >= 0.6 is 0 Å². The van der Waals surface area contributed by atoms with E-state index in [2.05, 4.69) is 28.6 Å². The fourth-order valence-corrected chi connectivity index (χ4v) is 2.87. The van der Waals surface area contributed by atoms with Crippen molar-refractivity contribution >= 4 is 5.69 Å². The molecule has 0 bridgehead atoms. The van der Waals surface area contributed by atoms with Crippen LogP contribution in [0.25, 0.3) is 0 Å². The van der Waals surface area contributed by atoms with Crippen molar-refractivity contribution in [3.05, 3.63) is 47.3 Å². The fraction of sp³-hybridized carbons (Fsp3) is 0.438. The molecule has 0 saturated heterocycles. The van der Waals surface area contributed by atoms with Gasteiger partial charge >= 0.3 is 0 Å². The molecule has 0 amide bonds. The van der Waals surface area contributed by atoms with E-state index in [1.165, 1.54) is 42.5 Å². The molecule has 2 aromatic rings. The van der Waals surface area contributed by atoms with E-state index in [-0.39, 0.29) is 6.61 Å². The van der Waals surface area contributed by atoms with Crippen LogP contribution < -0.4 is 5.32 Å². The van der Waals surface area contributed by atoms with Crippen LogP contribution in [0.1, 0.15) is 29.5 Å². The normalized spacial score (nSPS) is 14.1. The number of nitrogens with one attached hydrogen (secondary N) is 1. The van der Waals surface area contributed by atoms with Crippen LogP contribution in [0.15, 0.2) is 30.6 Å². The van der Waals surface area contributed by atoms with Crippen molar-refractivity contribution in [2.75, 3.05) is 11.9 Å². The number of rotatable bonds is 5. The molecule has 1 heterocycles. The molecule has 0 unspecified atom stereocenters. The lowest BCUT2D eigenvalue weighted by molar-refractivity contribution is 0.269. The third-order valence-corrected chi connectivity index (χ3v) is 3.89. The van der Waals surface area contributed by atoms with Gasteiger partial charge in [0.25, 0.3) is 0 Å². The predicted molar refractivity (Wildman–Crippen MR) is 79.7 cm³/mol. The Morgan fingerprint density at radius 3 is 3.05 bits per heavy atom. The topological polar surface area (TPSA) is 50.1 Å². The summed E-state index contributed by atoms with van der Waals surface area (Å²) < 4.78 is 1.78. The van der Waals surface area contributed by atoms with E-state index >= 15 is 0 Å². The molecule has 0 atom stereocenters. The quantitative estimate of drug-likeness (QED) is 0.877. The number of nitrogens with zero attached hydrogens (tertiary/aromatic N) is 2. The Morgan fingerprint density at radius 2 is 2.15 bits per heavy atom. The van der Waals surface area contributed by atoms with Gasteiger partial charge in [-0.2, -0.15) is 5.10 Å². The van der Waals surface area contributed by atoms with Crippen molar-refractivity contribution in [3.63, 3.8) is 0 Å². The number of hydrogen-bond donors (Lipinski definition) is 2. The molecule has 0 fully saturated rings. The van der Waals surface area contributed by atoms with E-state index in [0.29, 0.717) is 6.54 Å². The third kappa shape index (κ3) is 2.85. The zero-order valence-corrected chi connectivity index (χ0v) is 11.7. The lowest BCUT2D eigenvalue weighted by atomic mass is 9.90. The molecule has 0 aliphatic heterocycles. The Bertz CT molecular complexity index is 577. The first-order chi connectivity index (χ1) is 9.86. The summed E-state index contributed by atoms with van der Waals surface area (Å²) in [6.45, 7) is 1.46. The number of hydrogen-bond acceptors (Lipinski definition) is 3. The first-order valence-electron chi connectivity index (χ1n) is 7.33. The molecule has 0 spiro atoms. The molecule has 4 heteroatoms. The summed E-state index contributed by atoms with van der Waals surface area (Å²) in [5.41, 5.74) is 5.39. The summed E-state index contributed by atoms with van der Waals surface area (Å²) in [6, 6.07) is 6.56. The van der Waals surface area contributed by atoms with E-state index in [9.17, 15) is 0 Å². The highest BCUT2D eigenvalue weighted by Gasteiger charge is 2.12. The number of aliphatic hydroxyl groups is 1. The number of aromatic nitrogens is 2. The van der Waals surface area contributed by atoms with E-state index in [4.69, 9.17) is 5.11 Å². The molecule has 1 aromatic heterocycles. The second kappa shape index (κ2) is 6.09. The monoisotopic (exact) mass is 271 g/mol. The lowest BCUT2D eigenvalue weighted by Gasteiger charge is -2.19. The summed E-state index contributed by atoms with van der Waals surface area (Å²) in [7, 11) is 0. The van der Waals surface area contributed by atoms with Crippen molar-refractivity contribution < 1.29 is 5.11 Å². The first-order valence-corrected chi connectivity index (χ1v) is 7.33. The van der Waals surface area contributed by atoms with Crippen molar-refractivity contribution in [1.82, 2.24) is 9.78 Å². The fourth-order valence-electron chi connectivity index (χ4n) is 2.87. The minimum Gasteiger partial charge on any atom is -0.394 e. The number of aryl methyl sites for hydroxylation is 1. The summed E-state index contributed by atoms with van der Waals surface area (Å²) >= 11 is 0. The molecule has 3 rings (SSSR count). The van der Waals surface area contributed by atoms with Crippen molar-refractivity contribution in [2.24, 2.45) is 0 Å². The number of benzene rings is 1. The molecule has 0 radical (unpaired) electrons. The molecule has 1 aliphatic rings. The Kier molecular flexibility index (Phi) is 4.02. The molecule has 4 nitrogen and oxygen atoms in total. The SMILES string of the molecule is OCCn1cc(CNc2cccc3c2CCCC3)cn1. The average Bonchev–Trinajstić information content (AvgIpc) is 2.93. The van der Waals surface area contributed by atoms with Crippen LogP contribution in [-0.4, -0.2) is 21.5 Å². The van der Waals surface area contributed by atoms with Gasteiger partial charge in [0.15, 0.2) is 0 Å².